The van der Waals surface area contributed by atoms with Crippen LogP contribution in [0, 0.1) is 5.41 Å². The molecule has 1 aromatic rings. The van der Waals surface area contributed by atoms with Crippen LogP contribution in [0.25, 0.3) is 0 Å². The predicted molar refractivity (Wildman–Crippen MR) is 97.1 cm³/mol. The lowest BCUT2D eigenvalue weighted by Gasteiger charge is -2.39. The number of methoxy groups -OCH3 is 1. The molecule has 0 spiro atoms. The van der Waals surface area contributed by atoms with Gasteiger partial charge in [0.25, 0.3) is 0 Å². The van der Waals surface area contributed by atoms with Gasteiger partial charge in [0.05, 0.1) is 12.7 Å². The van der Waals surface area contributed by atoms with Crippen molar-refractivity contribution in [3.8, 4) is 0 Å². The molecule has 25 heavy (non-hydrogen) atoms. The van der Waals surface area contributed by atoms with E-state index >= 15 is 0 Å². The quantitative estimate of drug-likeness (QED) is 0.807. The number of Topliss-reactive ketones (excluding diaryl/α,β-unsaturated/α-hetero) is 1. The summed E-state index contributed by atoms with van der Waals surface area (Å²) in [6, 6.07) is 7.29. The summed E-state index contributed by atoms with van der Waals surface area (Å²) in [6.07, 6.45) is 1.23. The number of rotatable bonds is 2. The zero-order valence-corrected chi connectivity index (χ0v) is 15.7. The first-order chi connectivity index (χ1) is 11.7. The van der Waals surface area contributed by atoms with E-state index < -0.39 is 11.9 Å². The lowest BCUT2D eigenvalue weighted by Crippen LogP contribution is -2.38. The van der Waals surface area contributed by atoms with Gasteiger partial charge in [0.15, 0.2) is 5.78 Å². The molecule has 2 aliphatic rings. The standard InChI is InChI=1S/C20H22ClNO3/c1-11-16(19(24)25-4)17(12-5-7-13(21)8-6-12)18-14(22-11)9-20(2,3)10-15(18)23/h5-8,17,22H,9-10H2,1-4H3/t17-/m0/s1. The molecule has 0 radical (unpaired) electrons. The number of allylic oxidation sites excluding steroid dienone is 3. The number of carbonyl (C=O) groups excluding carboxylic acids is 2. The molecule has 4 nitrogen and oxygen atoms in total. The molecule has 1 aliphatic carbocycles. The summed E-state index contributed by atoms with van der Waals surface area (Å²) < 4.78 is 4.99. The second kappa shape index (κ2) is 6.34. The average Bonchev–Trinajstić information content (AvgIpc) is 2.52. The molecule has 5 heteroatoms. The van der Waals surface area contributed by atoms with Crippen LogP contribution in [0.2, 0.25) is 5.02 Å². The number of hydrogen-bond acceptors (Lipinski definition) is 4. The average molecular weight is 360 g/mol. The Kier molecular flexibility index (Phi) is 4.50. The smallest absolute Gasteiger partial charge is 0.336 e. The fourth-order valence-electron chi connectivity index (χ4n) is 3.81. The highest BCUT2D eigenvalue weighted by Crippen LogP contribution is 2.46. The summed E-state index contributed by atoms with van der Waals surface area (Å²) in [5, 5.41) is 3.91. The van der Waals surface area contributed by atoms with E-state index in [1.807, 2.05) is 19.1 Å². The molecule has 1 heterocycles. The van der Waals surface area contributed by atoms with Crippen LogP contribution in [-0.4, -0.2) is 18.9 Å². The fraction of sp³-hybridized carbons (Fsp3) is 0.400. The molecule has 0 aromatic heterocycles. The summed E-state index contributed by atoms with van der Waals surface area (Å²) >= 11 is 6.01. The van der Waals surface area contributed by atoms with Gasteiger partial charge in [-0.2, -0.15) is 0 Å². The molecule has 1 aliphatic heterocycles. The Morgan fingerprint density at radius 1 is 1.24 bits per heavy atom. The predicted octanol–water partition coefficient (Wildman–Crippen LogP) is 4.12. The number of ether oxygens (including phenoxy) is 1. The van der Waals surface area contributed by atoms with Gasteiger partial charge in [0, 0.05) is 34.3 Å². The summed E-state index contributed by atoms with van der Waals surface area (Å²) in [5.74, 6) is -0.772. The van der Waals surface area contributed by atoms with Crippen LogP contribution < -0.4 is 5.32 Å². The lowest BCUT2D eigenvalue weighted by molar-refractivity contribution is -0.136. The third-order valence-electron chi connectivity index (χ3n) is 4.85. The molecular weight excluding hydrogens is 338 g/mol. The summed E-state index contributed by atoms with van der Waals surface area (Å²) in [6.45, 7) is 6.02. The van der Waals surface area contributed by atoms with E-state index in [-0.39, 0.29) is 11.2 Å². The molecule has 1 atom stereocenters. The summed E-state index contributed by atoms with van der Waals surface area (Å²) in [4.78, 5) is 25.4. The number of esters is 1. The van der Waals surface area contributed by atoms with Crippen LogP contribution in [0.5, 0.6) is 0 Å². The number of benzene rings is 1. The minimum Gasteiger partial charge on any atom is -0.466 e. The topological polar surface area (TPSA) is 55.4 Å². The number of carbonyl (C=O) groups is 2. The number of hydrogen-bond donors (Lipinski definition) is 1. The van der Waals surface area contributed by atoms with E-state index in [1.54, 1.807) is 12.1 Å². The van der Waals surface area contributed by atoms with Gasteiger partial charge in [-0.25, -0.2) is 4.79 Å². The zero-order chi connectivity index (χ0) is 18.4. The maximum Gasteiger partial charge on any atom is 0.336 e. The maximum absolute atomic E-state index is 13.0. The van der Waals surface area contributed by atoms with Crippen molar-refractivity contribution in [3.05, 3.63) is 57.4 Å². The molecule has 132 valence electrons. The highest BCUT2D eigenvalue weighted by Gasteiger charge is 2.42. The highest BCUT2D eigenvalue weighted by molar-refractivity contribution is 6.30. The Bertz CT molecular complexity index is 803. The van der Waals surface area contributed by atoms with E-state index in [4.69, 9.17) is 16.3 Å². The van der Waals surface area contributed by atoms with Crippen LogP contribution in [0.1, 0.15) is 45.1 Å². The van der Waals surface area contributed by atoms with Gasteiger partial charge in [-0.3, -0.25) is 4.79 Å². The molecule has 0 amide bonds. The van der Waals surface area contributed by atoms with Gasteiger partial charge in [-0.1, -0.05) is 37.6 Å². The van der Waals surface area contributed by atoms with Crippen LogP contribution in [0.15, 0.2) is 46.8 Å². The molecule has 0 saturated carbocycles. The van der Waals surface area contributed by atoms with Gasteiger partial charge in [-0.05, 0) is 36.5 Å². The monoisotopic (exact) mass is 359 g/mol. The second-order valence-electron chi connectivity index (χ2n) is 7.47. The normalized spacial score (nSPS) is 22.4. The van der Waals surface area contributed by atoms with Gasteiger partial charge in [-0.15, -0.1) is 0 Å². The Balaban J connectivity index is 2.19. The molecule has 1 aromatic carbocycles. The van der Waals surface area contributed by atoms with Crippen molar-refractivity contribution in [2.24, 2.45) is 5.41 Å². The molecule has 0 unspecified atom stereocenters. The number of ketones is 1. The van der Waals surface area contributed by atoms with Crippen molar-refractivity contribution in [2.45, 2.75) is 39.5 Å². The summed E-state index contributed by atoms with van der Waals surface area (Å²) in [5.41, 5.74) is 3.56. The first-order valence-electron chi connectivity index (χ1n) is 8.31. The minimum atomic E-state index is -0.426. The van der Waals surface area contributed by atoms with Crippen LogP contribution in [0.3, 0.4) is 0 Å². The van der Waals surface area contributed by atoms with Crippen LogP contribution >= 0.6 is 11.6 Å². The largest absolute Gasteiger partial charge is 0.466 e. The van der Waals surface area contributed by atoms with E-state index in [0.29, 0.717) is 22.6 Å². The van der Waals surface area contributed by atoms with E-state index in [9.17, 15) is 9.59 Å². The number of dihydropyridines is 1. The van der Waals surface area contributed by atoms with Gasteiger partial charge in [0.2, 0.25) is 0 Å². The Morgan fingerprint density at radius 3 is 2.48 bits per heavy atom. The lowest BCUT2D eigenvalue weighted by atomic mass is 9.68. The van der Waals surface area contributed by atoms with Crippen molar-refractivity contribution >= 4 is 23.4 Å². The summed E-state index contributed by atoms with van der Waals surface area (Å²) in [7, 11) is 1.36. The van der Waals surface area contributed by atoms with Gasteiger partial charge >= 0.3 is 5.97 Å². The Labute approximate surface area is 152 Å². The third-order valence-corrected chi connectivity index (χ3v) is 5.10. The van der Waals surface area contributed by atoms with E-state index in [0.717, 1.165) is 23.4 Å². The molecule has 1 N–H and O–H groups in total. The molecule has 0 fully saturated rings. The van der Waals surface area contributed by atoms with Crippen molar-refractivity contribution in [2.75, 3.05) is 7.11 Å². The maximum atomic E-state index is 13.0. The molecule has 3 rings (SSSR count). The van der Waals surface area contributed by atoms with Crippen molar-refractivity contribution in [1.29, 1.82) is 0 Å². The third kappa shape index (κ3) is 3.23. The highest BCUT2D eigenvalue weighted by atomic mass is 35.5. The SMILES string of the molecule is COC(=O)C1=C(C)NC2=C(C(=O)CC(C)(C)C2)[C@H]1c1ccc(Cl)cc1. The number of halogens is 1. The second-order valence-corrected chi connectivity index (χ2v) is 7.91. The van der Waals surface area contributed by atoms with Gasteiger partial charge < -0.3 is 10.1 Å². The van der Waals surface area contributed by atoms with Gasteiger partial charge in [0.1, 0.15) is 0 Å². The minimum absolute atomic E-state index is 0.0765. The first-order valence-corrected chi connectivity index (χ1v) is 8.69. The molecular formula is C20H22ClNO3. The molecule has 0 bridgehead atoms. The van der Waals surface area contributed by atoms with Crippen molar-refractivity contribution in [1.82, 2.24) is 5.32 Å². The van der Waals surface area contributed by atoms with Crippen LogP contribution in [0.4, 0.5) is 0 Å². The van der Waals surface area contributed by atoms with Crippen molar-refractivity contribution in [3.63, 3.8) is 0 Å². The van der Waals surface area contributed by atoms with Crippen molar-refractivity contribution < 1.29 is 14.3 Å². The zero-order valence-electron chi connectivity index (χ0n) is 14.9. The number of nitrogens with one attached hydrogen (secondary N) is 1. The van der Waals surface area contributed by atoms with Crippen LogP contribution in [-0.2, 0) is 14.3 Å². The fourth-order valence-corrected chi connectivity index (χ4v) is 3.93. The molecule has 0 saturated heterocycles. The van der Waals surface area contributed by atoms with E-state index in [1.165, 1.54) is 7.11 Å². The Morgan fingerprint density at radius 2 is 1.88 bits per heavy atom. The first kappa shape index (κ1) is 17.7. The van der Waals surface area contributed by atoms with E-state index in [2.05, 4.69) is 19.2 Å². The Hall–Kier alpha value is -2.07.